The summed E-state index contributed by atoms with van der Waals surface area (Å²) in [5.74, 6) is 0.753. The van der Waals surface area contributed by atoms with Gasteiger partial charge in [0.05, 0.1) is 22.0 Å². The molecule has 0 aliphatic heterocycles. The lowest BCUT2D eigenvalue weighted by atomic mass is 10.2. The highest BCUT2D eigenvalue weighted by molar-refractivity contribution is 7.14. The first kappa shape index (κ1) is 21.7. The Kier molecular flexibility index (Phi) is 7.10. The Balaban J connectivity index is 1.30. The quantitative estimate of drug-likeness (QED) is 0.213. The van der Waals surface area contributed by atoms with Crippen molar-refractivity contribution < 1.29 is 4.74 Å². The fraction of sp³-hybridized carbons (Fsp3) is 0.0435. The third kappa shape index (κ3) is 5.99. The highest BCUT2D eigenvalue weighted by Gasteiger charge is 2.04. The minimum Gasteiger partial charge on any atom is -0.489 e. The van der Waals surface area contributed by atoms with Crippen LogP contribution in [0.2, 0.25) is 15.1 Å². The number of hydrogen-bond donors (Lipinski definition) is 1. The molecule has 4 aromatic rings. The Morgan fingerprint density at radius 1 is 0.935 bits per heavy atom. The summed E-state index contributed by atoms with van der Waals surface area (Å²) in [7, 11) is 0. The number of hydrogen-bond acceptors (Lipinski definition) is 5. The molecule has 0 radical (unpaired) electrons. The second kappa shape index (κ2) is 10.2. The molecule has 31 heavy (non-hydrogen) atoms. The molecule has 0 aliphatic rings. The van der Waals surface area contributed by atoms with Gasteiger partial charge in [0.15, 0.2) is 0 Å². The number of ether oxygens (including phenoxy) is 1. The second-order valence-corrected chi connectivity index (χ2v) is 8.63. The van der Waals surface area contributed by atoms with Gasteiger partial charge < -0.3 is 4.74 Å². The van der Waals surface area contributed by atoms with Gasteiger partial charge in [-0.1, -0.05) is 53.0 Å². The van der Waals surface area contributed by atoms with Crippen LogP contribution in [0.1, 0.15) is 11.1 Å². The molecule has 0 unspecified atom stereocenters. The van der Waals surface area contributed by atoms with Crippen LogP contribution in [0.5, 0.6) is 5.75 Å². The van der Waals surface area contributed by atoms with E-state index in [-0.39, 0.29) is 0 Å². The van der Waals surface area contributed by atoms with Crippen molar-refractivity contribution in [1.29, 1.82) is 0 Å². The molecule has 0 aliphatic carbocycles. The van der Waals surface area contributed by atoms with E-state index < -0.39 is 0 Å². The third-order valence-corrected chi connectivity index (χ3v) is 6.03. The molecule has 0 amide bonds. The number of anilines is 1. The SMILES string of the molecule is Clc1ccc(-c2csc(NN=Cc3ccc(OCc4ccc(Cl)c(Cl)c4)cc3)n2)cc1. The van der Waals surface area contributed by atoms with E-state index in [2.05, 4.69) is 15.5 Å². The number of thiazole rings is 1. The zero-order valence-electron chi connectivity index (χ0n) is 16.1. The summed E-state index contributed by atoms with van der Waals surface area (Å²) in [6, 6.07) is 20.7. The highest BCUT2D eigenvalue weighted by atomic mass is 35.5. The monoisotopic (exact) mass is 487 g/mol. The zero-order chi connectivity index (χ0) is 21.6. The van der Waals surface area contributed by atoms with Gasteiger partial charge in [0.25, 0.3) is 0 Å². The molecule has 0 saturated carbocycles. The van der Waals surface area contributed by atoms with Crippen LogP contribution in [-0.2, 0) is 6.61 Å². The van der Waals surface area contributed by atoms with E-state index >= 15 is 0 Å². The third-order valence-electron chi connectivity index (χ3n) is 4.29. The van der Waals surface area contributed by atoms with E-state index in [0.717, 1.165) is 28.1 Å². The number of aromatic nitrogens is 1. The van der Waals surface area contributed by atoms with Crippen LogP contribution in [0.4, 0.5) is 5.13 Å². The van der Waals surface area contributed by atoms with Gasteiger partial charge in [-0.25, -0.2) is 4.98 Å². The van der Waals surface area contributed by atoms with Gasteiger partial charge in [0.2, 0.25) is 5.13 Å². The Labute approximate surface area is 199 Å². The first-order valence-corrected chi connectivity index (χ1v) is 11.3. The maximum Gasteiger partial charge on any atom is 0.203 e. The lowest BCUT2D eigenvalue weighted by Crippen LogP contribution is -1.96. The fourth-order valence-electron chi connectivity index (χ4n) is 2.69. The van der Waals surface area contributed by atoms with Gasteiger partial charge >= 0.3 is 0 Å². The molecule has 3 aromatic carbocycles. The zero-order valence-corrected chi connectivity index (χ0v) is 19.1. The fourth-order valence-corrected chi connectivity index (χ4v) is 3.80. The molecule has 156 valence electrons. The van der Waals surface area contributed by atoms with Gasteiger partial charge in [0.1, 0.15) is 12.4 Å². The van der Waals surface area contributed by atoms with Crippen molar-refractivity contribution in [2.75, 3.05) is 5.43 Å². The van der Waals surface area contributed by atoms with Crippen molar-refractivity contribution in [3.8, 4) is 17.0 Å². The maximum atomic E-state index is 6.03. The summed E-state index contributed by atoms with van der Waals surface area (Å²) in [5.41, 5.74) is 6.73. The van der Waals surface area contributed by atoms with E-state index in [1.165, 1.54) is 11.3 Å². The lowest BCUT2D eigenvalue weighted by Gasteiger charge is -2.07. The lowest BCUT2D eigenvalue weighted by molar-refractivity contribution is 0.306. The highest BCUT2D eigenvalue weighted by Crippen LogP contribution is 2.26. The smallest absolute Gasteiger partial charge is 0.203 e. The Hall–Kier alpha value is -2.57. The summed E-state index contributed by atoms with van der Waals surface area (Å²) in [6.45, 7) is 0.409. The number of hydrazone groups is 1. The van der Waals surface area contributed by atoms with Crippen LogP contribution in [0.3, 0.4) is 0 Å². The second-order valence-electron chi connectivity index (χ2n) is 6.52. The number of rotatable bonds is 7. The molecule has 0 atom stereocenters. The summed E-state index contributed by atoms with van der Waals surface area (Å²) in [4.78, 5) is 4.53. The van der Waals surface area contributed by atoms with Gasteiger partial charge in [0, 0.05) is 16.0 Å². The number of nitrogens with one attached hydrogen (secondary N) is 1. The summed E-state index contributed by atoms with van der Waals surface area (Å²) in [5, 5.41) is 8.69. The van der Waals surface area contributed by atoms with Crippen molar-refractivity contribution >= 4 is 57.5 Å². The van der Waals surface area contributed by atoms with Gasteiger partial charge in [-0.05, 0) is 59.7 Å². The Morgan fingerprint density at radius 2 is 1.71 bits per heavy atom. The van der Waals surface area contributed by atoms with Crippen molar-refractivity contribution in [1.82, 2.24) is 4.98 Å². The van der Waals surface area contributed by atoms with Gasteiger partial charge in [-0.2, -0.15) is 5.10 Å². The Bertz CT molecular complexity index is 1190. The van der Waals surface area contributed by atoms with Crippen LogP contribution < -0.4 is 10.2 Å². The van der Waals surface area contributed by atoms with E-state index in [4.69, 9.17) is 39.5 Å². The Morgan fingerprint density at radius 3 is 2.45 bits per heavy atom. The molecule has 0 bridgehead atoms. The predicted molar refractivity (Wildman–Crippen MR) is 131 cm³/mol. The minimum absolute atomic E-state index is 0.409. The van der Waals surface area contributed by atoms with Crippen LogP contribution in [0.25, 0.3) is 11.3 Å². The average Bonchev–Trinajstić information content (AvgIpc) is 3.25. The summed E-state index contributed by atoms with van der Waals surface area (Å²) < 4.78 is 5.79. The van der Waals surface area contributed by atoms with Crippen LogP contribution in [-0.4, -0.2) is 11.2 Å². The molecule has 8 heteroatoms. The van der Waals surface area contributed by atoms with Gasteiger partial charge in [-0.3, -0.25) is 5.43 Å². The molecule has 0 spiro atoms. The summed E-state index contributed by atoms with van der Waals surface area (Å²) >= 11 is 19.4. The van der Waals surface area contributed by atoms with E-state index in [0.29, 0.717) is 26.8 Å². The molecule has 4 nitrogen and oxygen atoms in total. The normalized spacial score (nSPS) is 11.1. The van der Waals surface area contributed by atoms with Crippen molar-refractivity contribution in [2.24, 2.45) is 5.10 Å². The molecule has 0 saturated heterocycles. The molecule has 1 aromatic heterocycles. The van der Waals surface area contributed by atoms with Crippen molar-refractivity contribution in [3.05, 3.63) is 98.3 Å². The molecular weight excluding hydrogens is 473 g/mol. The van der Waals surface area contributed by atoms with E-state index in [1.54, 1.807) is 18.3 Å². The molecule has 1 N–H and O–H groups in total. The predicted octanol–water partition coefficient (Wildman–Crippen LogP) is 7.80. The van der Waals surface area contributed by atoms with Crippen LogP contribution in [0, 0.1) is 0 Å². The largest absolute Gasteiger partial charge is 0.489 e. The van der Waals surface area contributed by atoms with Crippen molar-refractivity contribution in [3.63, 3.8) is 0 Å². The maximum absolute atomic E-state index is 6.03. The van der Waals surface area contributed by atoms with Crippen LogP contribution in [0.15, 0.2) is 77.2 Å². The minimum atomic E-state index is 0.409. The van der Waals surface area contributed by atoms with Gasteiger partial charge in [-0.15, -0.1) is 11.3 Å². The topological polar surface area (TPSA) is 46.5 Å². The van der Waals surface area contributed by atoms with E-state index in [1.807, 2.05) is 60.0 Å². The molecule has 0 fully saturated rings. The summed E-state index contributed by atoms with van der Waals surface area (Å²) in [6.07, 6.45) is 1.73. The van der Waals surface area contributed by atoms with Crippen LogP contribution >= 0.6 is 46.1 Å². The average molecular weight is 489 g/mol. The molecule has 4 rings (SSSR count). The molecule has 1 heterocycles. The number of nitrogens with zero attached hydrogens (tertiary/aromatic N) is 2. The number of benzene rings is 3. The van der Waals surface area contributed by atoms with Crippen molar-refractivity contribution in [2.45, 2.75) is 6.61 Å². The van der Waals surface area contributed by atoms with E-state index in [9.17, 15) is 0 Å². The number of halogens is 3. The standard InChI is InChI=1S/C23H16Cl3N3OS/c24-18-6-4-17(5-7-18)22-14-31-23(28-22)29-27-12-15-1-8-19(9-2-15)30-13-16-3-10-20(25)21(26)11-16/h1-12,14H,13H2,(H,28,29). The first-order chi connectivity index (χ1) is 15.1. The molecular formula is C23H16Cl3N3OS. The first-order valence-electron chi connectivity index (χ1n) is 9.24.